The fraction of sp³-hybridized carbons (Fsp3) is 0.250. The van der Waals surface area contributed by atoms with Crippen LogP contribution in [0.2, 0.25) is 0 Å². The molecule has 2 aromatic rings. The number of pyridine rings is 2. The van der Waals surface area contributed by atoms with Gasteiger partial charge in [0.05, 0.1) is 6.61 Å². The van der Waals surface area contributed by atoms with E-state index < -0.39 is 0 Å². The van der Waals surface area contributed by atoms with Gasteiger partial charge < -0.3 is 9.47 Å². The first kappa shape index (κ1) is 11.5. The summed E-state index contributed by atoms with van der Waals surface area (Å²) in [4.78, 5) is 18.9. The number of methoxy groups -OCH3 is 1. The third-order valence-electron chi connectivity index (χ3n) is 2.31. The maximum Gasteiger partial charge on any atom is 0.213 e. The Kier molecular flexibility index (Phi) is 3.62. The van der Waals surface area contributed by atoms with Crippen LogP contribution < -0.4 is 4.74 Å². The molecule has 88 valence electrons. The summed E-state index contributed by atoms with van der Waals surface area (Å²) in [7, 11) is 1.60. The third kappa shape index (κ3) is 2.57. The lowest BCUT2D eigenvalue weighted by atomic mass is 10.1. The molecule has 0 atom stereocenters. The summed E-state index contributed by atoms with van der Waals surface area (Å²) in [6.07, 6.45) is 5.59. The van der Waals surface area contributed by atoms with Gasteiger partial charge >= 0.3 is 0 Å². The van der Waals surface area contributed by atoms with Crippen molar-refractivity contribution in [2.45, 2.75) is 0 Å². The van der Waals surface area contributed by atoms with E-state index in [2.05, 4.69) is 9.97 Å². The Hall–Kier alpha value is -2.01. The van der Waals surface area contributed by atoms with Gasteiger partial charge in [0, 0.05) is 48.1 Å². The van der Waals surface area contributed by atoms with E-state index in [0.29, 0.717) is 24.7 Å². The highest BCUT2D eigenvalue weighted by Gasteiger charge is 2.03. The van der Waals surface area contributed by atoms with Crippen molar-refractivity contribution in [3.05, 3.63) is 30.2 Å². The molecular formula is C12H12N2O3. The van der Waals surface area contributed by atoms with Gasteiger partial charge in [-0.25, -0.2) is 4.98 Å². The van der Waals surface area contributed by atoms with E-state index in [9.17, 15) is 4.79 Å². The molecule has 17 heavy (non-hydrogen) atoms. The molecule has 5 nitrogen and oxygen atoms in total. The van der Waals surface area contributed by atoms with Gasteiger partial charge in [-0.2, -0.15) is 0 Å². The number of carbonyl (C=O) groups is 1. The van der Waals surface area contributed by atoms with Gasteiger partial charge in [-0.1, -0.05) is 0 Å². The molecule has 2 aromatic heterocycles. The number of hydrogen-bond acceptors (Lipinski definition) is 5. The molecule has 0 aliphatic heterocycles. The van der Waals surface area contributed by atoms with Crippen molar-refractivity contribution < 1.29 is 14.3 Å². The van der Waals surface area contributed by atoms with E-state index in [1.807, 2.05) is 0 Å². The first-order valence-electron chi connectivity index (χ1n) is 5.16. The van der Waals surface area contributed by atoms with Crippen molar-refractivity contribution in [2.24, 2.45) is 0 Å². The summed E-state index contributed by atoms with van der Waals surface area (Å²) >= 11 is 0. The molecule has 0 radical (unpaired) electrons. The summed E-state index contributed by atoms with van der Waals surface area (Å²) in [6, 6.07) is 1.73. The second-order valence-electron chi connectivity index (χ2n) is 3.43. The third-order valence-corrected chi connectivity index (χ3v) is 2.31. The van der Waals surface area contributed by atoms with Gasteiger partial charge in [-0.05, 0) is 0 Å². The Morgan fingerprint density at radius 3 is 2.94 bits per heavy atom. The van der Waals surface area contributed by atoms with Crippen LogP contribution in [0.1, 0.15) is 10.4 Å². The fourth-order valence-corrected chi connectivity index (χ4v) is 1.47. The molecule has 0 bridgehead atoms. The Labute approximate surface area is 98.4 Å². The molecule has 0 saturated carbocycles. The maximum atomic E-state index is 10.9. The highest BCUT2D eigenvalue weighted by atomic mass is 16.5. The number of fused-ring (bicyclic) bond motifs is 1. The Balaban J connectivity index is 2.31. The standard InChI is InChI=1S/C12H12N2O3/c1-16-2-3-17-12-4-11-9(7-14-12)5-13-6-10(11)8-15/h4-8H,2-3H2,1H3. The molecule has 0 unspecified atom stereocenters. The predicted octanol–water partition coefficient (Wildman–Crippen LogP) is 1.47. The van der Waals surface area contributed by atoms with Gasteiger partial charge in [0.25, 0.3) is 0 Å². The summed E-state index contributed by atoms with van der Waals surface area (Å²) in [5.41, 5.74) is 0.529. The lowest BCUT2D eigenvalue weighted by molar-refractivity contribution is 0.112. The highest BCUT2D eigenvalue weighted by Crippen LogP contribution is 2.19. The van der Waals surface area contributed by atoms with Crippen molar-refractivity contribution in [3.63, 3.8) is 0 Å². The average Bonchev–Trinajstić information content (AvgIpc) is 2.38. The molecule has 0 N–H and O–H groups in total. The zero-order valence-electron chi connectivity index (χ0n) is 9.42. The minimum atomic E-state index is 0.427. The number of ether oxygens (including phenoxy) is 2. The molecule has 5 heteroatoms. The van der Waals surface area contributed by atoms with Gasteiger partial charge in [0.15, 0.2) is 6.29 Å². The topological polar surface area (TPSA) is 61.3 Å². The van der Waals surface area contributed by atoms with Crippen LogP contribution in [0.4, 0.5) is 0 Å². The highest BCUT2D eigenvalue weighted by molar-refractivity contribution is 5.97. The predicted molar refractivity (Wildman–Crippen MR) is 62.3 cm³/mol. The fourth-order valence-electron chi connectivity index (χ4n) is 1.47. The molecule has 0 saturated heterocycles. The van der Waals surface area contributed by atoms with Crippen LogP contribution in [0.5, 0.6) is 5.88 Å². The van der Waals surface area contributed by atoms with Gasteiger partial charge in [-0.3, -0.25) is 9.78 Å². The van der Waals surface area contributed by atoms with Crippen LogP contribution in [0.25, 0.3) is 10.8 Å². The Morgan fingerprint density at radius 2 is 2.18 bits per heavy atom. The number of aldehydes is 1. The zero-order chi connectivity index (χ0) is 12.1. The molecule has 0 aromatic carbocycles. The van der Waals surface area contributed by atoms with Crippen molar-refractivity contribution >= 4 is 17.1 Å². The molecule has 0 aliphatic rings. The lowest BCUT2D eigenvalue weighted by Gasteiger charge is -2.06. The molecular weight excluding hydrogens is 220 g/mol. The SMILES string of the molecule is COCCOc1cc2c(C=O)cncc2cn1. The minimum Gasteiger partial charge on any atom is -0.475 e. The van der Waals surface area contributed by atoms with Crippen LogP contribution in [0, 0.1) is 0 Å². The van der Waals surface area contributed by atoms with E-state index in [1.165, 1.54) is 6.20 Å². The zero-order valence-corrected chi connectivity index (χ0v) is 9.42. The number of carbonyl (C=O) groups excluding carboxylic acids is 1. The van der Waals surface area contributed by atoms with E-state index in [0.717, 1.165) is 17.1 Å². The maximum absolute atomic E-state index is 10.9. The summed E-state index contributed by atoms with van der Waals surface area (Å²) in [6.45, 7) is 0.924. The Bertz CT molecular complexity index is 528. The first-order chi connectivity index (χ1) is 8.35. The second kappa shape index (κ2) is 5.36. The van der Waals surface area contributed by atoms with Crippen LogP contribution in [-0.2, 0) is 4.74 Å². The van der Waals surface area contributed by atoms with Crippen molar-refractivity contribution in [1.29, 1.82) is 0 Å². The quantitative estimate of drug-likeness (QED) is 0.577. The Morgan fingerprint density at radius 1 is 1.29 bits per heavy atom. The van der Waals surface area contributed by atoms with Gasteiger partial charge in [0.2, 0.25) is 5.88 Å². The molecule has 2 heterocycles. The monoisotopic (exact) mass is 232 g/mol. The average molecular weight is 232 g/mol. The van der Waals surface area contributed by atoms with Gasteiger partial charge in [-0.15, -0.1) is 0 Å². The van der Waals surface area contributed by atoms with Crippen molar-refractivity contribution in [3.8, 4) is 5.88 Å². The van der Waals surface area contributed by atoms with E-state index >= 15 is 0 Å². The number of hydrogen-bond donors (Lipinski definition) is 0. The molecule has 0 aliphatic carbocycles. The molecule has 2 rings (SSSR count). The molecule has 0 fully saturated rings. The molecule has 0 spiro atoms. The number of rotatable bonds is 5. The van der Waals surface area contributed by atoms with Gasteiger partial charge in [0.1, 0.15) is 6.61 Å². The van der Waals surface area contributed by atoms with Crippen molar-refractivity contribution in [1.82, 2.24) is 9.97 Å². The summed E-state index contributed by atoms with van der Waals surface area (Å²) in [5, 5.41) is 1.60. The van der Waals surface area contributed by atoms with Crippen LogP contribution in [0.15, 0.2) is 24.7 Å². The second-order valence-corrected chi connectivity index (χ2v) is 3.43. The molecule has 0 amide bonds. The van der Waals surface area contributed by atoms with E-state index in [4.69, 9.17) is 9.47 Å². The summed E-state index contributed by atoms with van der Waals surface area (Å²) < 4.78 is 10.3. The van der Waals surface area contributed by atoms with Crippen molar-refractivity contribution in [2.75, 3.05) is 20.3 Å². The smallest absolute Gasteiger partial charge is 0.213 e. The minimum absolute atomic E-state index is 0.427. The lowest BCUT2D eigenvalue weighted by Crippen LogP contribution is -2.05. The van der Waals surface area contributed by atoms with E-state index in [-0.39, 0.29) is 0 Å². The number of aromatic nitrogens is 2. The first-order valence-corrected chi connectivity index (χ1v) is 5.16. The van der Waals surface area contributed by atoms with Crippen LogP contribution >= 0.6 is 0 Å². The normalized spacial score (nSPS) is 10.4. The number of nitrogens with zero attached hydrogens (tertiary/aromatic N) is 2. The van der Waals surface area contributed by atoms with Crippen LogP contribution in [0.3, 0.4) is 0 Å². The summed E-state index contributed by atoms with van der Waals surface area (Å²) in [5.74, 6) is 0.476. The largest absolute Gasteiger partial charge is 0.475 e. The van der Waals surface area contributed by atoms with E-state index in [1.54, 1.807) is 25.6 Å². The van der Waals surface area contributed by atoms with Crippen LogP contribution in [-0.4, -0.2) is 36.6 Å².